The van der Waals surface area contributed by atoms with Crippen LogP contribution in [0.5, 0.6) is 5.88 Å². The van der Waals surface area contributed by atoms with Crippen LogP contribution >= 0.6 is 11.3 Å². The van der Waals surface area contributed by atoms with Crippen molar-refractivity contribution in [3.05, 3.63) is 71.8 Å². The third-order valence-electron chi connectivity index (χ3n) is 4.55. The monoisotopic (exact) mass is 375 g/mol. The van der Waals surface area contributed by atoms with Crippen LogP contribution in [0.4, 0.5) is 10.1 Å². The number of ether oxygens (including phenoxy) is 1. The number of benzene rings is 2. The zero-order valence-electron chi connectivity index (χ0n) is 14.4. The van der Waals surface area contributed by atoms with Crippen molar-refractivity contribution in [3.8, 4) is 28.3 Å². The highest BCUT2D eigenvalue weighted by atomic mass is 32.1. The van der Waals surface area contributed by atoms with Gasteiger partial charge in [0.1, 0.15) is 17.8 Å². The summed E-state index contributed by atoms with van der Waals surface area (Å²) in [7, 11) is 0. The topological polar surface area (TPSA) is 47.0 Å². The molecule has 1 aliphatic heterocycles. The van der Waals surface area contributed by atoms with Crippen molar-refractivity contribution in [1.82, 2.24) is 9.97 Å². The molecule has 0 bridgehead atoms. The third kappa shape index (κ3) is 2.74. The van der Waals surface area contributed by atoms with Crippen molar-refractivity contribution in [2.45, 2.75) is 6.92 Å². The van der Waals surface area contributed by atoms with E-state index in [1.807, 2.05) is 29.8 Å². The molecule has 0 unspecified atom stereocenters. The minimum Gasteiger partial charge on any atom is -0.443 e. The molecule has 0 aliphatic carbocycles. The van der Waals surface area contributed by atoms with E-state index in [0.717, 1.165) is 38.3 Å². The Bertz CT molecular complexity index is 1220. The first kappa shape index (κ1) is 16.0. The number of pyridine rings is 1. The van der Waals surface area contributed by atoms with Gasteiger partial charge >= 0.3 is 0 Å². The number of hydrogen-bond donors (Lipinski definition) is 1. The fourth-order valence-electron chi connectivity index (χ4n) is 3.17. The van der Waals surface area contributed by atoms with Gasteiger partial charge in [-0.3, -0.25) is 0 Å². The molecule has 5 rings (SSSR count). The van der Waals surface area contributed by atoms with Crippen molar-refractivity contribution in [2.75, 3.05) is 5.32 Å². The predicted molar refractivity (Wildman–Crippen MR) is 106 cm³/mol. The number of aryl methyl sites for hydroxylation is 1. The number of anilines is 1. The van der Waals surface area contributed by atoms with E-state index in [0.29, 0.717) is 11.4 Å². The summed E-state index contributed by atoms with van der Waals surface area (Å²) in [6, 6.07) is 13.2. The second-order valence-electron chi connectivity index (χ2n) is 6.30. The molecule has 4 nitrogen and oxygen atoms in total. The van der Waals surface area contributed by atoms with Crippen LogP contribution in [0.15, 0.2) is 60.4 Å². The van der Waals surface area contributed by atoms with Gasteiger partial charge in [0.2, 0.25) is 5.88 Å². The van der Waals surface area contributed by atoms with Crippen molar-refractivity contribution in [3.63, 3.8) is 0 Å². The Labute approximate surface area is 159 Å². The van der Waals surface area contributed by atoms with E-state index in [1.54, 1.807) is 36.8 Å². The van der Waals surface area contributed by atoms with Crippen molar-refractivity contribution in [1.29, 1.82) is 0 Å². The minimum absolute atomic E-state index is 0.231. The molecule has 2 aromatic carbocycles. The van der Waals surface area contributed by atoms with Gasteiger partial charge in [-0.05, 0) is 54.4 Å². The first-order valence-corrected chi connectivity index (χ1v) is 9.30. The SMILES string of the molecule is Cc1cc(-c2nc3c(cc2-c2ccc4ncsc4c2)NC=CO3)ccc1F. The lowest BCUT2D eigenvalue weighted by molar-refractivity contribution is 0.458. The quantitative estimate of drug-likeness (QED) is 0.485. The summed E-state index contributed by atoms with van der Waals surface area (Å²) in [5, 5.41) is 3.17. The molecular formula is C21H14FN3OS. The van der Waals surface area contributed by atoms with Gasteiger partial charge in [0.25, 0.3) is 0 Å². The molecule has 0 amide bonds. The van der Waals surface area contributed by atoms with Gasteiger partial charge < -0.3 is 10.1 Å². The summed E-state index contributed by atoms with van der Waals surface area (Å²) in [6.07, 6.45) is 3.28. The molecule has 0 spiro atoms. The maximum absolute atomic E-state index is 13.8. The predicted octanol–water partition coefficient (Wildman–Crippen LogP) is 5.75. The van der Waals surface area contributed by atoms with E-state index < -0.39 is 0 Å². The Morgan fingerprint density at radius 1 is 1.07 bits per heavy atom. The molecule has 0 saturated carbocycles. The van der Waals surface area contributed by atoms with Crippen LogP contribution in [0.2, 0.25) is 0 Å². The van der Waals surface area contributed by atoms with E-state index in [-0.39, 0.29) is 5.82 Å². The third-order valence-corrected chi connectivity index (χ3v) is 5.34. The first-order chi connectivity index (χ1) is 13.2. The molecule has 0 atom stereocenters. The smallest absolute Gasteiger partial charge is 0.243 e. The number of aromatic nitrogens is 2. The summed E-state index contributed by atoms with van der Waals surface area (Å²) in [5.41, 5.74) is 7.74. The average Bonchev–Trinajstić information content (AvgIpc) is 3.17. The number of hydrogen-bond acceptors (Lipinski definition) is 5. The highest BCUT2D eigenvalue weighted by Crippen LogP contribution is 2.39. The molecule has 0 radical (unpaired) electrons. The van der Waals surface area contributed by atoms with E-state index in [1.165, 1.54) is 6.07 Å². The number of nitrogens with zero attached hydrogens (tertiary/aromatic N) is 2. The normalized spacial score (nSPS) is 12.5. The average molecular weight is 375 g/mol. The van der Waals surface area contributed by atoms with E-state index in [9.17, 15) is 4.39 Å². The summed E-state index contributed by atoms with van der Waals surface area (Å²) < 4.78 is 20.4. The zero-order chi connectivity index (χ0) is 18.4. The van der Waals surface area contributed by atoms with Crippen molar-refractivity contribution in [2.24, 2.45) is 0 Å². The van der Waals surface area contributed by atoms with Gasteiger partial charge in [0.15, 0.2) is 0 Å². The van der Waals surface area contributed by atoms with Crippen LogP contribution in [0.1, 0.15) is 5.56 Å². The van der Waals surface area contributed by atoms with E-state index >= 15 is 0 Å². The maximum Gasteiger partial charge on any atom is 0.243 e. The molecule has 1 N–H and O–H groups in total. The molecule has 6 heteroatoms. The number of rotatable bonds is 2. The number of fused-ring (bicyclic) bond motifs is 2. The number of nitrogens with one attached hydrogen (secondary N) is 1. The van der Waals surface area contributed by atoms with Crippen LogP contribution in [-0.4, -0.2) is 9.97 Å². The summed E-state index contributed by atoms with van der Waals surface area (Å²) in [5.74, 6) is 0.266. The van der Waals surface area contributed by atoms with Crippen LogP contribution < -0.4 is 10.1 Å². The van der Waals surface area contributed by atoms with Gasteiger partial charge in [0, 0.05) is 17.3 Å². The minimum atomic E-state index is -0.231. The Hall–Kier alpha value is -3.25. The van der Waals surface area contributed by atoms with Crippen LogP contribution in [0, 0.1) is 12.7 Å². The van der Waals surface area contributed by atoms with Crippen LogP contribution in [-0.2, 0) is 0 Å². The Kier molecular flexibility index (Phi) is 3.65. The lowest BCUT2D eigenvalue weighted by atomic mass is 9.97. The number of thiazole rings is 1. The molecule has 0 saturated heterocycles. The molecule has 2 aromatic heterocycles. The molecule has 3 heterocycles. The second-order valence-corrected chi connectivity index (χ2v) is 7.19. The van der Waals surface area contributed by atoms with Crippen LogP contribution in [0.25, 0.3) is 32.6 Å². The Morgan fingerprint density at radius 3 is 2.85 bits per heavy atom. The summed E-state index contributed by atoms with van der Waals surface area (Å²) in [6.45, 7) is 1.75. The van der Waals surface area contributed by atoms with E-state index in [2.05, 4.69) is 16.4 Å². The summed E-state index contributed by atoms with van der Waals surface area (Å²) >= 11 is 1.60. The molecular weight excluding hydrogens is 361 g/mol. The standard InChI is InChI=1S/C21H14FN3OS/c1-12-8-14(2-4-16(12)22)20-15(10-18-21(25-20)26-7-6-23-18)13-3-5-17-19(9-13)27-11-24-17/h2-11,23H,1H3. The largest absolute Gasteiger partial charge is 0.443 e. The molecule has 4 aromatic rings. The van der Waals surface area contributed by atoms with Gasteiger partial charge in [-0.25, -0.2) is 14.4 Å². The molecule has 132 valence electrons. The van der Waals surface area contributed by atoms with Gasteiger partial charge in [-0.15, -0.1) is 11.3 Å². The van der Waals surface area contributed by atoms with Crippen molar-refractivity contribution < 1.29 is 9.13 Å². The maximum atomic E-state index is 13.8. The lowest BCUT2D eigenvalue weighted by Crippen LogP contribution is -2.04. The molecule has 27 heavy (non-hydrogen) atoms. The second kappa shape index (κ2) is 6.17. The van der Waals surface area contributed by atoms with E-state index in [4.69, 9.17) is 9.72 Å². The highest BCUT2D eigenvalue weighted by molar-refractivity contribution is 7.16. The van der Waals surface area contributed by atoms with Gasteiger partial charge in [-0.1, -0.05) is 6.07 Å². The first-order valence-electron chi connectivity index (χ1n) is 8.42. The van der Waals surface area contributed by atoms with Gasteiger partial charge in [0.05, 0.1) is 21.4 Å². The summed E-state index contributed by atoms with van der Waals surface area (Å²) in [4.78, 5) is 9.07. The fourth-order valence-corrected chi connectivity index (χ4v) is 3.88. The lowest BCUT2D eigenvalue weighted by Gasteiger charge is -2.17. The van der Waals surface area contributed by atoms with Crippen molar-refractivity contribution >= 4 is 27.2 Å². The molecule has 1 aliphatic rings. The zero-order valence-corrected chi connectivity index (χ0v) is 15.2. The van der Waals surface area contributed by atoms with Crippen LogP contribution in [0.3, 0.4) is 0 Å². The Morgan fingerprint density at radius 2 is 1.96 bits per heavy atom. The fraction of sp³-hybridized carbons (Fsp3) is 0.0476. The van der Waals surface area contributed by atoms with Gasteiger partial charge in [-0.2, -0.15) is 0 Å². The highest BCUT2D eigenvalue weighted by Gasteiger charge is 2.18. The number of halogens is 1. The molecule has 0 fully saturated rings. The Balaban J connectivity index is 1.76.